The van der Waals surface area contributed by atoms with Crippen LogP contribution in [-0.2, 0) is 16.1 Å². The fraction of sp³-hybridized carbons (Fsp3) is 0.286. The van der Waals surface area contributed by atoms with Gasteiger partial charge in [0.2, 0.25) is 5.88 Å². The summed E-state index contributed by atoms with van der Waals surface area (Å²) < 4.78 is 1.45. The topological polar surface area (TPSA) is 201 Å². The Bertz CT molecular complexity index is 1130. The standard InChI is InChI=1S/C21H23N5O7/c22-16-7-14-18(25-16)23-10-26(20(14)31)8-13(9-27)11-1-3-12(4-2-11)19(30)24-15(21(32)33)5-6-17(28)29/h1-4,7,10,13,15,27,31H,5-6,8-9,22H2,(H,24,30)(H,28,29)(H,32,33)/t13?,15-/m0/s1. The van der Waals surface area contributed by atoms with Crippen molar-refractivity contribution in [3.63, 3.8) is 0 Å². The summed E-state index contributed by atoms with van der Waals surface area (Å²) in [4.78, 5) is 42.5. The number of fused-ring (bicyclic) bond motifs is 1. The maximum Gasteiger partial charge on any atom is 0.326 e. The van der Waals surface area contributed by atoms with Gasteiger partial charge in [-0.25, -0.2) is 14.8 Å². The predicted octanol–water partition coefficient (Wildman–Crippen LogP) is 0.495. The average molecular weight is 457 g/mol. The second kappa shape index (κ2) is 9.96. The second-order valence-electron chi connectivity index (χ2n) is 7.44. The van der Waals surface area contributed by atoms with Gasteiger partial charge < -0.3 is 36.0 Å². The molecule has 2 atom stereocenters. The normalized spacial score (nSPS) is 12.9. The van der Waals surface area contributed by atoms with Crippen LogP contribution in [-0.4, -0.2) is 65.5 Å². The number of amides is 1. The Morgan fingerprint density at radius 3 is 2.45 bits per heavy atom. The molecule has 0 saturated heterocycles. The van der Waals surface area contributed by atoms with E-state index in [0.717, 1.165) is 0 Å². The number of carboxylic acid groups (broad SMARTS) is 2. The Balaban J connectivity index is 1.72. The zero-order valence-corrected chi connectivity index (χ0v) is 17.4. The number of benzene rings is 1. The Hall–Kier alpha value is -4.19. The summed E-state index contributed by atoms with van der Waals surface area (Å²) in [7, 11) is 0. The molecule has 2 aliphatic heterocycles. The molecule has 0 aliphatic carbocycles. The van der Waals surface area contributed by atoms with Gasteiger partial charge >= 0.3 is 11.9 Å². The van der Waals surface area contributed by atoms with Gasteiger partial charge in [0.1, 0.15) is 11.9 Å². The number of rotatable bonds is 10. The van der Waals surface area contributed by atoms with Gasteiger partial charge in [-0.1, -0.05) is 12.1 Å². The number of nitrogen functional groups attached to an aromatic ring is 1. The van der Waals surface area contributed by atoms with Crippen LogP contribution in [0, 0.1) is 0 Å². The summed E-state index contributed by atoms with van der Waals surface area (Å²) in [6, 6.07) is 6.31. The number of anilines is 1. The summed E-state index contributed by atoms with van der Waals surface area (Å²) in [6.45, 7) is -0.0775. The first-order valence-electron chi connectivity index (χ1n) is 9.96. The minimum absolute atomic E-state index is 0.0975. The summed E-state index contributed by atoms with van der Waals surface area (Å²) in [5.41, 5.74) is 6.87. The van der Waals surface area contributed by atoms with Gasteiger partial charge in [-0.2, -0.15) is 0 Å². The molecule has 3 rings (SSSR count). The van der Waals surface area contributed by atoms with E-state index in [4.69, 9.17) is 10.8 Å². The van der Waals surface area contributed by atoms with E-state index in [-0.39, 0.29) is 36.8 Å². The van der Waals surface area contributed by atoms with Crippen molar-refractivity contribution in [2.75, 3.05) is 12.3 Å². The first-order valence-corrected chi connectivity index (χ1v) is 9.96. The van der Waals surface area contributed by atoms with Gasteiger partial charge in [0, 0.05) is 24.4 Å². The highest BCUT2D eigenvalue weighted by Gasteiger charge is 2.22. The van der Waals surface area contributed by atoms with Crippen LogP contribution in [0.1, 0.15) is 34.7 Å². The largest absolute Gasteiger partial charge is 0.494 e. The van der Waals surface area contributed by atoms with Crippen molar-refractivity contribution in [1.29, 1.82) is 0 Å². The van der Waals surface area contributed by atoms with Gasteiger partial charge in [0.15, 0.2) is 5.82 Å². The molecule has 1 unspecified atom stereocenters. The molecule has 2 heterocycles. The molecule has 12 nitrogen and oxygen atoms in total. The number of aliphatic hydroxyl groups is 1. The molecule has 0 saturated carbocycles. The number of carboxylic acids is 2. The zero-order valence-electron chi connectivity index (χ0n) is 17.4. The molecule has 0 spiro atoms. The Morgan fingerprint density at radius 2 is 1.85 bits per heavy atom. The number of nitrogens with two attached hydrogens (primary N) is 1. The third kappa shape index (κ3) is 5.54. The summed E-state index contributed by atoms with van der Waals surface area (Å²) >= 11 is 0. The molecule has 7 N–H and O–H groups in total. The lowest BCUT2D eigenvalue weighted by atomic mass is 9.98. The molecule has 0 bridgehead atoms. The van der Waals surface area contributed by atoms with Crippen molar-refractivity contribution in [3.05, 3.63) is 47.8 Å². The monoisotopic (exact) mass is 457 g/mol. The summed E-state index contributed by atoms with van der Waals surface area (Å²) in [6.07, 6.45) is 0.745. The number of aromatic hydroxyl groups is 1. The highest BCUT2D eigenvalue weighted by Crippen LogP contribution is 2.31. The van der Waals surface area contributed by atoms with E-state index in [9.17, 15) is 29.7 Å². The molecule has 33 heavy (non-hydrogen) atoms. The smallest absolute Gasteiger partial charge is 0.326 e. The lowest BCUT2D eigenvalue weighted by molar-refractivity contribution is -0.140. The zero-order chi connectivity index (χ0) is 24.1. The predicted molar refractivity (Wildman–Crippen MR) is 115 cm³/mol. The number of aliphatic carboxylic acids is 2. The Labute approximate surface area is 187 Å². The number of aliphatic hydroxyl groups excluding tert-OH is 1. The fourth-order valence-corrected chi connectivity index (χ4v) is 3.34. The van der Waals surface area contributed by atoms with Crippen LogP contribution in [0.3, 0.4) is 0 Å². The third-order valence-corrected chi connectivity index (χ3v) is 5.13. The van der Waals surface area contributed by atoms with Crippen molar-refractivity contribution in [2.24, 2.45) is 0 Å². The van der Waals surface area contributed by atoms with Gasteiger partial charge in [0.05, 0.1) is 18.5 Å². The Kier molecular flexibility index (Phi) is 7.08. The van der Waals surface area contributed by atoms with Crippen molar-refractivity contribution in [2.45, 2.75) is 31.3 Å². The highest BCUT2D eigenvalue weighted by atomic mass is 16.4. The van der Waals surface area contributed by atoms with Gasteiger partial charge in [-0.05, 0) is 30.2 Å². The van der Waals surface area contributed by atoms with E-state index in [0.29, 0.717) is 17.0 Å². The van der Waals surface area contributed by atoms with E-state index in [1.165, 1.54) is 29.1 Å². The van der Waals surface area contributed by atoms with E-state index in [2.05, 4.69) is 15.3 Å². The number of nitrogens with zero attached hydrogens (tertiary/aromatic N) is 3. The molecule has 12 heteroatoms. The maximum absolute atomic E-state index is 12.4. The van der Waals surface area contributed by atoms with Crippen LogP contribution in [0.25, 0.3) is 11.4 Å². The third-order valence-electron chi connectivity index (χ3n) is 5.13. The molecule has 1 aromatic carbocycles. The number of hydrogen-bond donors (Lipinski definition) is 6. The van der Waals surface area contributed by atoms with Crippen LogP contribution in [0.5, 0.6) is 5.88 Å². The van der Waals surface area contributed by atoms with Crippen LogP contribution >= 0.6 is 0 Å². The van der Waals surface area contributed by atoms with E-state index in [1.54, 1.807) is 12.1 Å². The Morgan fingerprint density at radius 1 is 1.15 bits per heavy atom. The van der Waals surface area contributed by atoms with Crippen LogP contribution in [0.2, 0.25) is 0 Å². The molecule has 0 radical (unpaired) electrons. The number of aromatic nitrogens is 3. The van der Waals surface area contributed by atoms with E-state index < -0.39 is 36.2 Å². The molecule has 1 aromatic rings. The molecular weight excluding hydrogens is 434 g/mol. The molecule has 1 amide bonds. The van der Waals surface area contributed by atoms with Gasteiger partial charge in [-0.3, -0.25) is 9.59 Å². The van der Waals surface area contributed by atoms with Crippen molar-refractivity contribution < 1.29 is 34.8 Å². The number of carbonyl (C=O) groups is 3. The van der Waals surface area contributed by atoms with Crippen molar-refractivity contribution >= 4 is 23.7 Å². The van der Waals surface area contributed by atoms with Gasteiger partial charge in [0.25, 0.3) is 5.91 Å². The molecule has 2 aliphatic rings. The molecule has 0 fully saturated rings. The number of nitrogens with one attached hydrogen (secondary N) is 1. The van der Waals surface area contributed by atoms with Crippen molar-refractivity contribution in [1.82, 2.24) is 19.9 Å². The van der Waals surface area contributed by atoms with Crippen LogP contribution < -0.4 is 11.1 Å². The summed E-state index contributed by atoms with van der Waals surface area (Å²) in [5, 5.41) is 40.6. The highest BCUT2D eigenvalue weighted by molar-refractivity contribution is 5.96. The van der Waals surface area contributed by atoms with E-state index in [1.807, 2.05) is 0 Å². The first kappa shape index (κ1) is 23.5. The summed E-state index contributed by atoms with van der Waals surface area (Å²) in [5.74, 6) is -3.16. The first-order chi connectivity index (χ1) is 15.7. The SMILES string of the molecule is Nc1cc2c(O)n(CC(CO)c3ccc(C(=O)N[C@@H](CCC(=O)O)C(=O)O)cc3)cnc-2n1. The molecule has 174 valence electrons. The van der Waals surface area contributed by atoms with Crippen LogP contribution in [0.4, 0.5) is 5.82 Å². The quantitative estimate of drug-likeness (QED) is 0.249. The van der Waals surface area contributed by atoms with Crippen molar-refractivity contribution in [3.8, 4) is 17.3 Å². The molecule has 0 aromatic heterocycles. The fourth-order valence-electron chi connectivity index (χ4n) is 3.34. The minimum atomic E-state index is -1.33. The average Bonchev–Trinajstić information content (AvgIpc) is 3.17. The number of carbonyl (C=O) groups excluding carboxylic acids is 1. The van der Waals surface area contributed by atoms with Gasteiger partial charge in [-0.15, -0.1) is 0 Å². The lowest BCUT2D eigenvalue weighted by Gasteiger charge is -2.19. The van der Waals surface area contributed by atoms with E-state index >= 15 is 0 Å². The maximum atomic E-state index is 12.4. The lowest BCUT2D eigenvalue weighted by Crippen LogP contribution is -2.41. The second-order valence-corrected chi connectivity index (χ2v) is 7.44. The molecular formula is C21H23N5O7. The van der Waals surface area contributed by atoms with Crippen LogP contribution in [0.15, 0.2) is 36.7 Å². The minimum Gasteiger partial charge on any atom is -0.494 e. The number of hydrogen-bond acceptors (Lipinski definition) is 8.